The van der Waals surface area contributed by atoms with Crippen molar-refractivity contribution < 1.29 is 17.9 Å². The van der Waals surface area contributed by atoms with E-state index in [4.69, 9.17) is 4.74 Å². The van der Waals surface area contributed by atoms with E-state index in [-0.39, 0.29) is 5.75 Å². The Morgan fingerprint density at radius 3 is 1.88 bits per heavy atom. The summed E-state index contributed by atoms with van der Waals surface area (Å²) in [6.07, 6.45) is 0. The zero-order valence-electron chi connectivity index (χ0n) is 8.08. The molecule has 0 aliphatic rings. The first kappa shape index (κ1) is 10.5. The summed E-state index contributed by atoms with van der Waals surface area (Å²) in [5.41, 5.74) is 0. The summed E-state index contributed by atoms with van der Waals surface area (Å²) in [4.78, 5) is 0. The highest BCUT2D eigenvalue weighted by molar-refractivity contribution is 5.31. The summed E-state index contributed by atoms with van der Waals surface area (Å²) < 4.78 is 43.5. The highest BCUT2D eigenvalue weighted by atomic mass is 19.2. The predicted molar refractivity (Wildman–Crippen MR) is 52.8 cm³/mol. The Hall–Kier alpha value is -1.97. The van der Waals surface area contributed by atoms with Gasteiger partial charge >= 0.3 is 0 Å². The summed E-state index contributed by atoms with van der Waals surface area (Å²) in [5.74, 6) is -3.70. The lowest BCUT2D eigenvalue weighted by atomic mass is 10.3. The molecule has 0 radical (unpaired) electrons. The van der Waals surface area contributed by atoms with Crippen molar-refractivity contribution in [2.75, 3.05) is 0 Å². The van der Waals surface area contributed by atoms with Gasteiger partial charge in [0, 0.05) is 12.1 Å². The van der Waals surface area contributed by atoms with E-state index in [1.54, 1.807) is 30.3 Å². The fourth-order valence-electron chi connectivity index (χ4n) is 1.22. The van der Waals surface area contributed by atoms with Crippen molar-refractivity contribution in [3.63, 3.8) is 0 Å². The first-order chi connectivity index (χ1) is 7.66. The Balaban J connectivity index is 2.29. The number of para-hydroxylation sites is 1. The molecule has 0 bridgehead atoms. The zero-order valence-corrected chi connectivity index (χ0v) is 8.08. The number of ether oxygens (including phenoxy) is 1. The largest absolute Gasteiger partial charge is 0.457 e. The maximum absolute atomic E-state index is 12.8. The van der Waals surface area contributed by atoms with Gasteiger partial charge in [0.25, 0.3) is 0 Å². The van der Waals surface area contributed by atoms with Gasteiger partial charge in [-0.3, -0.25) is 0 Å². The van der Waals surface area contributed by atoms with Crippen LogP contribution in [0.25, 0.3) is 0 Å². The average Bonchev–Trinajstić information content (AvgIpc) is 2.27. The molecule has 0 fully saturated rings. The SMILES string of the molecule is Fc1cc(Oc2ccccc2)cc(F)c1F. The molecular weight excluding hydrogens is 217 g/mol. The molecule has 0 saturated carbocycles. The number of benzene rings is 2. The fourth-order valence-corrected chi connectivity index (χ4v) is 1.22. The molecule has 0 unspecified atom stereocenters. The number of halogens is 3. The second-order valence-corrected chi connectivity index (χ2v) is 3.12. The summed E-state index contributed by atoms with van der Waals surface area (Å²) in [5, 5.41) is 0. The maximum atomic E-state index is 12.8. The molecule has 16 heavy (non-hydrogen) atoms. The van der Waals surface area contributed by atoms with Crippen LogP contribution in [0.3, 0.4) is 0 Å². The average molecular weight is 224 g/mol. The molecule has 0 atom stereocenters. The Bertz CT molecular complexity index is 474. The van der Waals surface area contributed by atoms with E-state index in [2.05, 4.69) is 0 Å². The van der Waals surface area contributed by atoms with Gasteiger partial charge in [-0.25, -0.2) is 13.2 Å². The molecule has 82 valence electrons. The van der Waals surface area contributed by atoms with Gasteiger partial charge in [-0.1, -0.05) is 18.2 Å². The molecule has 0 aromatic heterocycles. The van der Waals surface area contributed by atoms with Crippen molar-refractivity contribution in [1.82, 2.24) is 0 Å². The quantitative estimate of drug-likeness (QED) is 0.703. The van der Waals surface area contributed by atoms with Crippen molar-refractivity contribution in [3.05, 3.63) is 59.9 Å². The minimum atomic E-state index is -1.50. The maximum Gasteiger partial charge on any atom is 0.194 e. The predicted octanol–water partition coefficient (Wildman–Crippen LogP) is 3.90. The number of hydrogen-bond donors (Lipinski definition) is 0. The molecule has 2 aromatic carbocycles. The van der Waals surface area contributed by atoms with Crippen LogP contribution in [0.5, 0.6) is 11.5 Å². The number of rotatable bonds is 2. The van der Waals surface area contributed by atoms with Crippen LogP contribution in [0.2, 0.25) is 0 Å². The van der Waals surface area contributed by atoms with E-state index < -0.39 is 17.5 Å². The normalized spacial score (nSPS) is 10.2. The van der Waals surface area contributed by atoms with E-state index >= 15 is 0 Å². The lowest BCUT2D eigenvalue weighted by Crippen LogP contribution is -1.92. The molecule has 0 aliphatic heterocycles. The lowest BCUT2D eigenvalue weighted by Gasteiger charge is -2.05. The zero-order chi connectivity index (χ0) is 11.5. The summed E-state index contributed by atoms with van der Waals surface area (Å²) >= 11 is 0. The second-order valence-electron chi connectivity index (χ2n) is 3.12. The van der Waals surface area contributed by atoms with Crippen molar-refractivity contribution in [1.29, 1.82) is 0 Å². The van der Waals surface area contributed by atoms with E-state index in [0.717, 1.165) is 12.1 Å². The van der Waals surface area contributed by atoms with Gasteiger partial charge in [-0.15, -0.1) is 0 Å². The molecule has 0 amide bonds. The van der Waals surface area contributed by atoms with E-state index in [9.17, 15) is 13.2 Å². The van der Waals surface area contributed by atoms with Crippen molar-refractivity contribution >= 4 is 0 Å². The molecular formula is C12H7F3O. The van der Waals surface area contributed by atoms with Gasteiger partial charge in [-0.2, -0.15) is 0 Å². The summed E-state index contributed by atoms with van der Waals surface area (Å²) in [6, 6.07) is 10.0. The molecule has 4 heteroatoms. The van der Waals surface area contributed by atoms with Gasteiger partial charge in [0.2, 0.25) is 0 Å². The van der Waals surface area contributed by atoms with Gasteiger partial charge in [0.15, 0.2) is 17.5 Å². The van der Waals surface area contributed by atoms with Crippen molar-refractivity contribution in [2.24, 2.45) is 0 Å². The van der Waals surface area contributed by atoms with Crippen molar-refractivity contribution in [2.45, 2.75) is 0 Å². The first-order valence-electron chi connectivity index (χ1n) is 4.54. The molecule has 0 heterocycles. The van der Waals surface area contributed by atoms with Crippen LogP contribution in [0.1, 0.15) is 0 Å². The highest BCUT2D eigenvalue weighted by Crippen LogP contribution is 2.24. The minimum Gasteiger partial charge on any atom is -0.457 e. The van der Waals surface area contributed by atoms with Gasteiger partial charge in [0.1, 0.15) is 11.5 Å². The number of hydrogen-bond acceptors (Lipinski definition) is 1. The van der Waals surface area contributed by atoms with E-state index in [1.165, 1.54) is 0 Å². The third-order valence-corrected chi connectivity index (χ3v) is 1.94. The van der Waals surface area contributed by atoms with Crippen LogP contribution in [-0.4, -0.2) is 0 Å². The van der Waals surface area contributed by atoms with Crippen LogP contribution >= 0.6 is 0 Å². The van der Waals surface area contributed by atoms with E-state index in [0.29, 0.717) is 5.75 Å². The summed E-state index contributed by atoms with van der Waals surface area (Å²) in [6.45, 7) is 0. The molecule has 2 rings (SSSR count). The Labute approximate surface area is 90.1 Å². The molecule has 0 aliphatic carbocycles. The molecule has 0 N–H and O–H groups in total. The second kappa shape index (κ2) is 4.26. The standard InChI is InChI=1S/C12H7F3O/c13-10-6-9(7-11(14)12(10)15)16-8-4-2-1-3-5-8/h1-7H. The smallest absolute Gasteiger partial charge is 0.194 e. The van der Waals surface area contributed by atoms with Gasteiger partial charge in [0.05, 0.1) is 0 Å². The van der Waals surface area contributed by atoms with Gasteiger partial charge < -0.3 is 4.74 Å². The highest BCUT2D eigenvalue weighted by Gasteiger charge is 2.11. The monoisotopic (exact) mass is 224 g/mol. The van der Waals surface area contributed by atoms with Gasteiger partial charge in [-0.05, 0) is 12.1 Å². The molecule has 0 spiro atoms. The third kappa shape index (κ3) is 2.16. The fraction of sp³-hybridized carbons (Fsp3) is 0. The van der Waals surface area contributed by atoms with Crippen molar-refractivity contribution in [3.8, 4) is 11.5 Å². The molecule has 0 saturated heterocycles. The third-order valence-electron chi connectivity index (χ3n) is 1.94. The topological polar surface area (TPSA) is 9.23 Å². The van der Waals surface area contributed by atoms with Crippen LogP contribution in [0.15, 0.2) is 42.5 Å². The Morgan fingerprint density at radius 1 is 0.750 bits per heavy atom. The lowest BCUT2D eigenvalue weighted by molar-refractivity contribution is 0.423. The first-order valence-corrected chi connectivity index (χ1v) is 4.54. The minimum absolute atomic E-state index is 0.0809. The van der Waals surface area contributed by atoms with Crippen LogP contribution in [-0.2, 0) is 0 Å². The van der Waals surface area contributed by atoms with E-state index in [1.807, 2.05) is 0 Å². The van der Waals surface area contributed by atoms with Crippen LogP contribution in [0.4, 0.5) is 13.2 Å². The molecule has 2 aromatic rings. The Kier molecular flexibility index (Phi) is 2.81. The Morgan fingerprint density at radius 2 is 1.31 bits per heavy atom. The van der Waals surface area contributed by atoms with Crippen LogP contribution in [0, 0.1) is 17.5 Å². The summed E-state index contributed by atoms with van der Waals surface area (Å²) in [7, 11) is 0. The molecule has 1 nitrogen and oxygen atoms in total. The van der Waals surface area contributed by atoms with Crippen LogP contribution < -0.4 is 4.74 Å².